The van der Waals surface area contributed by atoms with Crippen LogP contribution in [0.2, 0.25) is 0 Å². The summed E-state index contributed by atoms with van der Waals surface area (Å²) in [6.07, 6.45) is 2.63. The Balaban J connectivity index is 2.11. The second-order valence-electron chi connectivity index (χ2n) is 8.45. The lowest BCUT2D eigenvalue weighted by molar-refractivity contribution is -0.139. The molecule has 2 rings (SSSR count). The van der Waals surface area contributed by atoms with Crippen LogP contribution < -0.4 is 21.3 Å². The van der Waals surface area contributed by atoms with Gasteiger partial charge in [0.2, 0.25) is 17.7 Å². The normalized spacial score (nSPS) is 16.5. The van der Waals surface area contributed by atoms with Crippen molar-refractivity contribution in [1.29, 1.82) is 5.41 Å². The quantitative estimate of drug-likeness (QED) is 0.132. The molecule has 1 aromatic rings. The maximum absolute atomic E-state index is 13.1. The highest BCUT2D eigenvalue weighted by Gasteiger charge is 2.30. The van der Waals surface area contributed by atoms with Crippen molar-refractivity contribution in [2.45, 2.75) is 38.6 Å². The van der Waals surface area contributed by atoms with Gasteiger partial charge in [0.25, 0.3) is 0 Å². The molecule has 190 valence electrons. The molecule has 0 aliphatic carbocycles. The van der Waals surface area contributed by atoms with Crippen LogP contribution in [0.5, 0.6) is 0 Å². The average molecular weight is 487 g/mol. The smallest absolute Gasteiger partial charge is 0.304 e. The van der Waals surface area contributed by atoms with E-state index in [1.165, 1.54) is 11.8 Å². The standard InChI is InChI=1S/C24H34N6O5/c1-16(31)29(2)20(9-6-11-27-24(25)26)22(34)28-15-17-10-12-30(19-7-4-3-5-8-19)23(35)18(13-17)14-21(32)33/h3-5,7-8,13,18,20H,6,9-12,14-15H2,1-2H3,(H,28,34)(H,32,33)(H4,25,26,27)/t18?,20-/m0/s1. The van der Waals surface area contributed by atoms with Gasteiger partial charge >= 0.3 is 5.97 Å². The maximum Gasteiger partial charge on any atom is 0.304 e. The molecule has 11 heteroatoms. The Morgan fingerprint density at radius 2 is 1.94 bits per heavy atom. The van der Waals surface area contributed by atoms with Crippen molar-refractivity contribution in [2.24, 2.45) is 11.7 Å². The van der Waals surface area contributed by atoms with E-state index < -0.39 is 17.9 Å². The van der Waals surface area contributed by atoms with Gasteiger partial charge in [0.15, 0.2) is 5.96 Å². The van der Waals surface area contributed by atoms with Gasteiger partial charge in [-0.2, -0.15) is 0 Å². The van der Waals surface area contributed by atoms with Gasteiger partial charge in [0, 0.05) is 39.3 Å². The van der Waals surface area contributed by atoms with Crippen molar-refractivity contribution in [3.63, 3.8) is 0 Å². The maximum atomic E-state index is 13.1. The summed E-state index contributed by atoms with van der Waals surface area (Å²) in [7, 11) is 1.55. The molecule has 2 atom stereocenters. The predicted octanol–water partition coefficient (Wildman–Crippen LogP) is 0.667. The van der Waals surface area contributed by atoms with Crippen LogP contribution in [0.1, 0.15) is 32.6 Å². The van der Waals surface area contributed by atoms with Crippen LogP contribution in [0, 0.1) is 11.3 Å². The van der Waals surface area contributed by atoms with E-state index in [1.807, 2.05) is 18.2 Å². The lowest BCUT2D eigenvalue weighted by Crippen LogP contribution is -2.47. The summed E-state index contributed by atoms with van der Waals surface area (Å²) in [6, 6.07) is 8.34. The number of carboxylic acid groups (broad SMARTS) is 1. The van der Waals surface area contributed by atoms with Gasteiger partial charge in [-0.25, -0.2) is 0 Å². The number of benzene rings is 1. The molecule has 0 spiro atoms. The van der Waals surface area contributed by atoms with Crippen molar-refractivity contribution in [2.75, 3.05) is 31.6 Å². The molecule has 1 heterocycles. The van der Waals surface area contributed by atoms with Gasteiger partial charge in [0.05, 0.1) is 12.3 Å². The third kappa shape index (κ3) is 8.43. The number of rotatable bonds is 11. The zero-order valence-corrected chi connectivity index (χ0v) is 20.1. The van der Waals surface area contributed by atoms with Crippen molar-refractivity contribution in [1.82, 2.24) is 15.5 Å². The van der Waals surface area contributed by atoms with Gasteiger partial charge in [-0.1, -0.05) is 29.8 Å². The number of amides is 3. The first-order valence-electron chi connectivity index (χ1n) is 11.5. The number of hydrogen-bond donors (Lipinski definition) is 5. The summed E-state index contributed by atoms with van der Waals surface area (Å²) in [5.41, 5.74) is 6.71. The second-order valence-corrected chi connectivity index (χ2v) is 8.45. The van der Waals surface area contributed by atoms with Crippen molar-refractivity contribution >= 4 is 35.3 Å². The van der Waals surface area contributed by atoms with Crippen LogP contribution in [0.25, 0.3) is 0 Å². The number of para-hydroxylation sites is 1. The third-order valence-corrected chi connectivity index (χ3v) is 5.87. The fourth-order valence-electron chi connectivity index (χ4n) is 3.91. The zero-order chi connectivity index (χ0) is 26.0. The van der Waals surface area contributed by atoms with Gasteiger partial charge in [-0.05, 0) is 31.4 Å². The average Bonchev–Trinajstić information content (AvgIpc) is 2.95. The Hall–Kier alpha value is -3.89. The second kappa shape index (κ2) is 13.1. The predicted molar refractivity (Wildman–Crippen MR) is 132 cm³/mol. The summed E-state index contributed by atoms with van der Waals surface area (Å²) in [6.45, 7) is 2.26. The Morgan fingerprint density at radius 3 is 2.54 bits per heavy atom. The van der Waals surface area contributed by atoms with Gasteiger partial charge in [-0.15, -0.1) is 0 Å². The number of aliphatic carboxylic acids is 1. The molecule has 0 fully saturated rings. The first kappa shape index (κ1) is 27.4. The molecule has 35 heavy (non-hydrogen) atoms. The molecular weight excluding hydrogens is 452 g/mol. The topological polar surface area (TPSA) is 169 Å². The number of carbonyl (C=O) groups is 4. The van der Waals surface area contributed by atoms with E-state index in [1.54, 1.807) is 30.2 Å². The van der Waals surface area contributed by atoms with E-state index >= 15 is 0 Å². The Labute approximate surface area is 204 Å². The number of carboxylic acids is 1. The summed E-state index contributed by atoms with van der Waals surface area (Å²) in [4.78, 5) is 52.3. The Morgan fingerprint density at radius 1 is 1.26 bits per heavy atom. The number of nitrogens with zero attached hydrogens (tertiary/aromatic N) is 2. The number of nitrogens with one attached hydrogen (secondary N) is 3. The van der Waals surface area contributed by atoms with Gasteiger partial charge < -0.3 is 31.3 Å². The van der Waals surface area contributed by atoms with Crippen molar-refractivity contribution in [3.8, 4) is 0 Å². The van der Waals surface area contributed by atoms with Crippen LogP contribution in [0.4, 0.5) is 5.69 Å². The molecule has 1 aromatic carbocycles. The van der Waals surface area contributed by atoms with E-state index in [0.717, 1.165) is 5.57 Å². The third-order valence-electron chi connectivity index (χ3n) is 5.87. The van der Waals surface area contributed by atoms with Crippen LogP contribution >= 0.6 is 0 Å². The lowest BCUT2D eigenvalue weighted by Gasteiger charge is -2.26. The summed E-state index contributed by atoms with van der Waals surface area (Å²) < 4.78 is 0. The number of guanidine groups is 1. The fourth-order valence-corrected chi connectivity index (χ4v) is 3.91. The van der Waals surface area contributed by atoms with Crippen LogP contribution in [-0.2, 0) is 19.2 Å². The zero-order valence-electron chi connectivity index (χ0n) is 20.1. The highest BCUT2D eigenvalue weighted by Crippen LogP contribution is 2.25. The number of anilines is 1. The highest BCUT2D eigenvalue weighted by atomic mass is 16.4. The molecule has 11 nitrogen and oxygen atoms in total. The molecule has 0 bridgehead atoms. The molecule has 1 aliphatic rings. The van der Waals surface area contributed by atoms with Crippen LogP contribution in [0.15, 0.2) is 42.0 Å². The molecule has 1 aliphatic heterocycles. The monoisotopic (exact) mass is 486 g/mol. The number of likely N-dealkylation sites (N-methyl/N-ethyl adjacent to an activating group) is 1. The van der Waals surface area contributed by atoms with Crippen LogP contribution in [-0.4, -0.2) is 72.4 Å². The highest BCUT2D eigenvalue weighted by molar-refractivity contribution is 5.98. The minimum absolute atomic E-state index is 0.138. The van der Waals surface area contributed by atoms with E-state index in [-0.39, 0.29) is 36.6 Å². The molecule has 6 N–H and O–H groups in total. The molecule has 0 aromatic heterocycles. The molecule has 0 saturated heterocycles. The molecule has 3 amide bonds. The Kier molecular flexibility index (Phi) is 10.2. The summed E-state index contributed by atoms with van der Waals surface area (Å²) >= 11 is 0. The summed E-state index contributed by atoms with van der Waals surface area (Å²) in [5, 5.41) is 22.1. The minimum Gasteiger partial charge on any atom is -0.481 e. The van der Waals surface area contributed by atoms with Crippen molar-refractivity contribution < 1.29 is 24.3 Å². The largest absolute Gasteiger partial charge is 0.481 e. The van der Waals surface area contributed by atoms with Crippen molar-refractivity contribution in [3.05, 3.63) is 42.0 Å². The lowest BCUT2D eigenvalue weighted by atomic mass is 10.0. The molecule has 0 radical (unpaired) electrons. The minimum atomic E-state index is -1.08. The molecule has 0 saturated carbocycles. The number of nitrogens with two attached hydrogens (primary N) is 1. The van der Waals surface area contributed by atoms with E-state index in [4.69, 9.17) is 11.1 Å². The van der Waals surface area contributed by atoms with E-state index in [2.05, 4.69) is 10.6 Å². The van der Waals surface area contributed by atoms with Gasteiger partial charge in [-0.3, -0.25) is 24.6 Å². The summed E-state index contributed by atoms with van der Waals surface area (Å²) in [5.74, 6) is -3.01. The molecule has 1 unspecified atom stereocenters. The van der Waals surface area contributed by atoms with E-state index in [9.17, 15) is 24.3 Å². The van der Waals surface area contributed by atoms with Crippen LogP contribution in [0.3, 0.4) is 0 Å². The molecular formula is C24H34N6O5. The fraction of sp³-hybridized carbons (Fsp3) is 0.458. The number of carbonyl (C=O) groups excluding carboxylic acids is 3. The first-order chi connectivity index (χ1) is 16.6. The Bertz CT molecular complexity index is 964. The van der Waals surface area contributed by atoms with E-state index in [0.29, 0.717) is 38.0 Å². The number of hydrogen-bond acceptors (Lipinski definition) is 5. The first-order valence-corrected chi connectivity index (χ1v) is 11.5. The van der Waals surface area contributed by atoms with Gasteiger partial charge in [0.1, 0.15) is 6.04 Å². The SMILES string of the molecule is CC(=O)N(C)[C@@H](CCCNC(=N)N)C(=O)NCC1=CC(CC(=O)O)C(=O)N(c2ccccc2)CC1.